The summed E-state index contributed by atoms with van der Waals surface area (Å²) in [5, 5.41) is 0. The first kappa shape index (κ1) is 16.6. The van der Waals surface area contributed by atoms with Gasteiger partial charge in [-0.05, 0) is 31.0 Å². The Bertz CT molecular complexity index is 600. The van der Waals surface area contributed by atoms with E-state index in [0.29, 0.717) is 5.92 Å². The molecule has 3 nitrogen and oxygen atoms in total. The maximum atomic E-state index is 5.90. The van der Waals surface area contributed by atoms with Gasteiger partial charge in [-0.2, -0.15) is 0 Å². The van der Waals surface area contributed by atoms with Gasteiger partial charge in [0.1, 0.15) is 0 Å². The largest absolute Gasteiger partial charge is 0.347 e. The van der Waals surface area contributed by atoms with Crippen LogP contribution in [0.2, 0.25) is 0 Å². The van der Waals surface area contributed by atoms with E-state index in [2.05, 4.69) is 43.1 Å². The van der Waals surface area contributed by atoms with Gasteiger partial charge in [0, 0.05) is 28.2 Å². The molecule has 124 valence electrons. The first-order valence-electron chi connectivity index (χ1n) is 8.58. The van der Waals surface area contributed by atoms with Crippen molar-refractivity contribution in [3.63, 3.8) is 0 Å². The zero-order valence-electron chi connectivity index (χ0n) is 14.0. The molecule has 0 N–H and O–H groups in total. The van der Waals surface area contributed by atoms with E-state index in [0.717, 1.165) is 36.6 Å². The molecule has 0 unspecified atom stereocenters. The molecule has 2 aromatic heterocycles. The summed E-state index contributed by atoms with van der Waals surface area (Å²) in [6.45, 7) is 5.99. The number of aryl methyl sites for hydroxylation is 1. The zero-order chi connectivity index (χ0) is 16.1. The Kier molecular flexibility index (Phi) is 5.81. The van der Waals surface area contributed by atoms with Crippen LogP contribution < -0.4 is 0 Å². The fourth-order valence-corrected chi connectivity index (χ4v) is 3.89. The van der Waals surface area contributed by atoms with Crippen LogP contribution in [0.1, 0.15) is 50.0 Å². The second-order valence-corrected chi connectivity index (χ2v) is 7.26. The van der Waals surface area contributed by atoms with E-state index in [4.69, 9.17) is 9.47 Å². The average molecular weight is 331 g/mol. The first-order chi connectivity index (χ1) is 11.3. The smallest absolute Gasteiger partial charge is 0.193 e. The number of ether oxygens (including phenoxy) is 2. The lowest BCUT2D eigenvalue weighted by Gasteiger charge is -2.28. The highest BCUT2D eigenvalue weighted by Gasteiger charge is 2.24. The summed E-state index contributed by atoms with van der Waals surface area (Å²) in [7, 11) is 0. The van der Waals surface area contributed by atoms with E-state index < -0.39 is 0 Å². The molecule has 2 aromatic rings. The van der Waals surface area contributed by atoms with Crippen LogP contribution in [0.4, 0.5) is 0 Å². The second-order valence-electron chi connectivity index (χ2n) is 6.14. The monoisotopic (exact) mass is 331 g/mol. The highest BCUT2D eigenvalue weighted by Crippen LogP contribution is 2.35. The van der Waals surface area contributed by atoms with Crippen molar-refractivity contribution < 1.29 is 9.47 Å². The first-order valence-corrected chi connectivity index (χ1v) is 9.40. The summed E-state index contributed by atoms with van der Waals surface area (Å²) in [4.78, 5) is 6.91. The molecule has 4 heteroatoms. The fourth-order valence-electron chi connectivity index (χ4n) is 2.89. The molecule has 3 heterocycles. The predicted molar refractivity (Wildman–Crippen MR) is 94.6 cm³/mol. The van der Waals surface area contributed by atoms with Gasteiger partial charge in [-0.25, -0.2) is 0 Å². The third kappa shape index (κ3) is 4.19. The zero-order valence-corrected chi connectivity index (χ0v) is 14.8. The lowest BCUT2D eigenvalue weighted by atomic mass is 10.1. The molecule has 0 amide bonds. The van der Waals surface area contributed by atoms with Crippen molar-refractivity contribution in [1.29, 1.82) is 0 Å². The number of hydrogen-bond donors (Lipinski definition) is 0. The van der Waals surface area contributed by atoms with Crippen molar-refractivity contribution in [2.24, 2.45) is 5.92 Å². The lowest BCUT2D eigenvalue weighted by Crippen LogP contribution is -2.26. The number of hydrogen-bond acceptors (Lipinski definition) is 4. The normalized spacial score (nSPS) is 21.5. The molecular weight excluding hydrogens is 306 g/mol. The molecule has 1 fully saturated rings. The van der Waals surface area contributed by atoms with E-state index in [9.17, 15) is 0 Å². The number of rotatable bonds is 6. The summed E-state index contributed by atoms with van der Waals surface area (Å²) in [6.07, 6.45) is 6.31. The molecule has 23 heavy (non-hydrogen) atoms. The molecule has 0 spiro atoms. The minimum atomic E-state index is -0.200. The average Bonchev–Trinajstić information content (AvgIpc) is 3.07. The Morgan fingerprint density at radius 2 is 1.91 bits per heavy atom. The van der Waals surface area contributed by atoms with Crippen molar-refractivity contribution in [1.82, 2.24) is 4.98 Å². The fraction of sp³-hybridized carbons (Fsp3) is 0.526. The van der Waals surface area contributed by atoms with Crippen LogP contribution in [0.3, 0.4) is 0 Å². The number of nitrogens with zero attached hydrogens (tertiary/aromatic N) is 1. The Hall–Kier alpha value is -1.23. The van der Waals surface area contributed by atoms with Crippen molar-refractivity contribution in [2.75, 3.05) is 13.2 Å². The summed E-state index contributed by atoms with van der Waals surface area (Å²) in [5.41, 5.74) is 2.33. The van der Waals surface area contributed by atoms with Gasteiger partial charge in [0.05, 0.1) is 18.1 Å². The topological polar surface area (TPSA) is 31.4 Å². The van der Waals surface area contributed by atoms with Gasteiger partial charge in [-0.15, -0.1) is 11.3 Å². The third-order valence-corrected chi connectivity index (χ3v) is 5.29. The van der Waals surface area contributed by atoms with Crippen LogP contribution in [0.15, 0.2) is 30.5 Å². The summed E-state index contributed by atoms with van der Waals surface area (Å²) in [5.74, 6) is 0.547. The minimum Gasteiger partial charge on any atom is -0.347 e. The lowest BCUT2D eigenvalue weighted by molar-refractivity contribution is -0.204. The molecule has 0 atom stereocenters. The molecule has 0 radical (unpaired) electrons. The highest BCUT2D eigenvalue weighted by atomic mass is 32.1. The summed E-state index contributed by atoms with van der Waals surface area (Å²) >= 11 is 1.74. The quantitative estimate of drug-likeness (QED) is 0.727. The van der Waals surface area contributed by atoms with Crippen molar-refractivity contribution >= 4 is 11.3 Å². The number of pyridine rings is 1. The van der Waals surface area contributed by atoms with Crippen molar-refractivity contribution in [3.8, 4) is 10.4 Å². The van der Waals surface area contributed by atoms with E-state index in [-0.39, 0.29) is 6.29 Å². The van der Waals surface area contributed by atoms with Gasteiger partial charge in [-0.1, -0.05) is 32.8 Å². The van der Waals surface area contributed by atoms with E-state index in [1.807, 2.05) is 6.20 Å². The van der Waals surface area contributed by atoms with Gasteiger partial charge in [0.25, 0.3) is 0 Å². The molecule has 0 bridgehead atoms. The van der Waals surface area contributed by atoms with E-state index >= 15 is 0 Å². The maximum Gasteiger partial charge on any atom is 0.193 e. The van der Waals surface area contributed by atoms with Crippen molar-refractivity contribution in [3.05, 3.63) is 41.0 Å². The van der Waals surface area contributed by atoms with Crippen LogP contribution in [-0.2, 0) is 15.9 Å². The van der Waals surface area contributed by atoms with Gasteiger partial charge in [0.15, 0.2) is 6.29 Å². The molecular formula is C19H25NO2S. The standard InChI is InChI=1S/C19H25NO2S/c1-3-5-14-12-21-19(22-13-14)18-10-9-17(23-18)15-7-8-16(6-4-2)20-11-15/h7-11,14,19H,3-6,12-13H2,1-2H3/t14-,19-. The van der Waals surface area contributed by atoms with Gasteiger partial charge < -0.3 is 9.47 Å². The van der Waals surface area contributed by atoms with Crippen molar-refractivity contribution in [2.45, 2.75) is 45.8 Å². The van der Waals surface area contributed by atoms with Crippen LogP contribution in [-0.4, -0.2) is 18.2 Å². The van der Waals surface area contributed by atoms with Crippen LogP contribution in [0.25, 0.3) is 10.4 Å². The summed E-state index contributed by atoms with van der Waals surface area (Å²) in [6, 6.07) is 8.54. The molecule has 1 aliphatic rings. The highest BCUT2D eigenvalue weighted by molar-refractivity contribution is 7.15. The molecule has 0 saturated carbocycles. The van der Waals surface area contributed by atoms with Gasteiger partial charge in [-0.3, -0.25) is 4.98 Å². The van der Waals surface area contributed by atoms with Crippen LogP contribution >= 0.6 is 11.3 Å². The Morgan fingerprint density at radius 1 is 1.09 bits per heavy atom. The maximum absolute atomic E-state index is 5.90. The summed E-state index contributed by atoms with van der Waals surface area (Å²) < 4.78 is 11.8. The Balaban J connectivity index is 1.64. The number of aromatic nitrogens is 1. The molecule has 3 rings (SSSR count). The van der Waals surface area contributed by atoms with E-state index in [1.165, 1.54) is 23.3 Å². The second kappa shape index (κ2) is 8.04. The molecule has 0 aliphatic carbocycles. The third-order valence-electron chi connectivity index (χ3n) is 4.14. The van der Waals surface area contributed by atoms with E-state index in [1.54, 1.807) is 11.3 Å². The van der Waals surface area contributed by atoms with Crippen LogP contribution in [0, 0.1) is 5.92 Å². The Labute approximate surface area is 142 Å². The molecule has 0 aromatic carbocycles. The predicted octanol–water partition coefficient (Wildman–Crippen LogP) is 5.22. The SMILES string of the molecule is CCCc1ccc(-c2ccc([C@H]3OC[C@H](CCC)CO3)s2)cn1. The minimum absolute atomic E-state index is 0.200. The molecule has 1 aliphatic heterocycles. The van der Waals surface area contributed by atoms with Gasteiger partial charge >= 0.3 is 0 Å². The van der Waals surface area contributed by atoms with Crippen LogP contribution in [0.5, 0.6) is 0 Å². The van der Waals surface area contributed by atoms with Gasteiger partial charge in [0.2, 0.25) is 0 Å². The molecule has 1 saturated heterocycles. The number of thiophene rings is 1. The Morgan fingerprint density at radius 3 is 2.57 bits per heavy atom.